The zero-order valence-corrected chi connectivity index (χ0v) is 11.1. The van der Waals surface area contributed by atoms with Gasteiger partial charge in [0, 0.05) is 28.6 Å². The summed E-state index contributed by atoms with van der Waals surface area (Å²) in [5.74, 6) is 1.12. The van der Waals surface area contributed by atoms with Gasteiger partial charge in [-0.2, -0.15) is 0 Å². The maximum absolute atomic E-state index is 11.3. The first-order valence-corrected chi connectivity index (χ1v) is 6.87. The minimum Gasteiger partial charge on any atom is -0.295 e. The molecule has 1 aromatic heterocycles. The van der Waals surface area contributed by atoms with Crippen molar-refractivity contribution in [1.29, 1.82) is 0 Å². The Bertz CT molecular complexity index is 525. The second-order valence-corrected chi connectivity index (χ2v) is 5.21. The van der Waals surface area contributed by atoms with Crippen molar-refractivity contribution in [3.8, 4) is 0 Å². The number of Topliss-reactive ketones (excluding diaryl/α,β-unsaturated/α-hetero) is 1. The highest BCUT2D eigenvalue weighted by Gasteiger charge is 2.01. The van der Waals surface area contributed by atoms with Gasteiger partial charge in [0.1, 0.15) is 0 Å². The van der Waals surface area contributed by atoms with E-state index in [2.05, 4.69) is 4.98 Å². The predicted octanol–water partition coefficient (Wildman–Crippen LogP) is 3.62. The van der Waals surface area contributed by atoms with Crippen molar-refractivity contribution in [2.75, 3.05) is 5.75 Å². The Morgan fingerprint density at radius 2 is 2.00 bits per heavy atom. The molecule has 92 valence electrons. The number of nitrogens with zero attached hydrogens (tertiary/aromatic N) is 1. The maximum atomic E-state index is 11.3. The van der Waals surface area contributed by atoms with Gasteiger partial charge in [-0.05, 0) is 43.2 Å². The van der Waals surface area contributed by atoms with E-state index in [1.807, 2.05) is 48.8 Å². The minimum absolute atomic E-state index is 0.117. The fourth-order valence-electron chi connectivity index (χ4n) is 1.64. The first kappa shape index (κ1) is 12.8. The van der Waals surface area contributed by atoms with Crippen LogP contribution in [-0.4, -0.2) is 16.5 Å². The number of carbonyl (C=O) groups is 1. The summed E-state index contributed by atoms with van der Waals surface area (Å²) in [5.41, 5.74) is 2.07. The molecule has 0 atom stereocenters. The molecule has 0 radical (unpaired) electrons. The summed E-state index contributed by atoms with van der Waals surface area (Å²) in [6, 6.07) is 11.9. The van der Waals surface area contributed by atoms with E-state index in [9.17, 15) is 4.79 Å². The second kappa shape index (κ2) is 6.36. The van der Waals surface area contributed by atoms with E-state index in [0.29, 0.717) is 0 Å². The third-order valence-electron chi connectivity index (χ3n) is 2.65. The van der Waals surface area contributed by atoms with Crippen LogP contribution in [0.2, 0.25) is 0 Å². The van der Waals surface area contributed by atoms with Crippen molar-refractivity contribution in [3.63, 3.8) is 0 Å². The van der Waals surface area contributed by atoms with Crippen LogP contribution in [0, 0.1) is 0 Å². The molecular formula is C15H15NOS. The SMILES string of the molecule is CC(=O)c1cccc(SCCc2ccncc2)c1. The lowest BCUT2D eigenvalue weighted by atomic mass is 10.2. The monoisotopic (exact) mass is 257 g/mol. The van der Waals surface area contributed by atoms with Crippen molar-refractivity contribution in [2.45, 2.75) is 18.2 Å². The Morgan fingerprint density at radius 1 is 1.22 bits per heavy atom. The van der Waals surface area contributed by atoms with E-state index < -0.39 is 0 Å². The van der Waals surface area contributed by atoms with Gasteiger partial charge in [-0.25, -0.2) is 0 Å². The van der Waals surface area contributed by atoms with Gasteiger partial charge in [0.05, 0.1) is 0 Å². The lowest BCUT2D eigenvalue weighted by Crippen LogP contribution is -1.92. The Morgan fingerprint density at radius 3 is 2.72 bits per heavy atom. The number of carbonyl (C=O) groups excluding carboxylic acids is 1. The minimum atomic E-state index is 0.117. The topological polar surface area (TPSA) is 30.0 Å². The molecule has 0 aliphatic rings. The second-order valence-electron chi connectivity index (χ2n) is 4.04. The molecule has 2 nitrogen and oxygen atoms in total. The van der Waals surface area contributed by atoms with Gasteiger partial charge >= 0.3 is 0 Å². The Balaban J connectivity index is 1.90. The Kier molecular flexibility index (Phi) is 4.53. The molecule has 0 spiro atoms. The first-order valence-electron chi connectivity index (χ1n) is 5.88. The van der Waals surface area contributed by atoms with Crippen LogP contribution in [0.25, 0.3) is 0 Å². The highest BCUT2D eigenvalue weighted by molar-refractivity contribution is 7.99. The summed E-state index contributed by atoms with van der Waals surface area (Å²) in [4.78, 5) is 16.4. The fourth-order valence-corrected chi connectivity index (χ4v) is 2.60. The van der Waals surface area contributed by atoms with Crippen molar-refractivity contribution < 1.29 is 4.79 Å². The molecule has 0 saturated heterocycles. The molecule has 0 aliphatic heterocycles. The average Bonchev–Trinajstić information content (AvgIpc) is 2.40. The lowest BCUT2D eigenvalue weighted by molar-refractivity contribution is 0.101. The number of pyridine rings is 1. The predicted molar refractivity (Wildman–Crippen MR) is 75.1 cm³/mol. The van der Waals surface area contributed by atoms with Gasteiger partial charge in [0.25, 0.3) is 0 Å². The number of aromatic nitrogens is 1. The largest absolute Gasteiger partial charge is 0.295 e. The van der Waals surface area contributed by atoms with E-state index in [4.69, 9.17) is 0 Å². The van der Waals surface area contributed by atoms with E-state index in [1.165, 1.54) is 5.56 Å². The van der Waals surface area contributed by atoms with Gasteiger partial charge in [-0.3, -0.25) is 9.78 Å². The number of hydrogen-bond acceptors (Lipinski definition) is 3. The summed E-state index contributed by atoms with van der Waals surface area (Å²) in [5, 5.41) is 0. The molecule has 0 unspecified atom stereocenters. The number of aryl methyl sites for hydroxylation is 1. The quantitative estimate of drug-likeness (QED) is 0.605. The molecule has 18 heavy (non-hydrogen) atoms. The molecule has 0 fully saturated rings. The van der Waals surface area contributed by atoms with Crippen molar-refractivity contribution in [1.82, 2.24) is 4.98 Å². The molecule has 2 rings (SSSR count). The van der Waals surface area contributed by atoms with Gasteiger partial charge in [0.15, 0.2) is 5.78 Å². The Labute approximate surface area is 111 Å². The number of ketones is 1. The summed E-state index contributed by atoms with van der Waals surface area (Å²) in [6.45, 7) is 1.60. The highest BCUT2D eigenvalue weighted by Crippen LogP contribution is 2.20. The van der Waals surface area contributed by atoms with Crippen LogP contribution in [0.15, 0.2) is 53.7 Å². The van der Waals surface area contributed by atoms with Crippen LogP contribution in [0.3, 0.4) is 0 Å². The third kappa shape index (κ3) is 3.70. The third-order valence-corrected chi connectivity index (χ3v) is 3.64. The molecule has 0 aliphatic carbocycles. The maximum Gasteiger partial charge on any atom is 0.159 e. The van der Waals surface area contributed by atoms with Gasteiger partial charge in [0.2, 0.25) is 0 Å². The zero-order valence-electron chi connectivity index (χ0n) is 10.3. The number of hydrogen-bond donors (Lipinski definition) is 0. The summed E-state index contributed by atoms with van der Waals surface area (Å²) in [6.07, 6.45) is 4.64. The summed E-state index contributed by atoms with van der Waals surface area (Å²) < 4.78 is 0. The van der Waals surface area contributed by atoms with Crippen molar-refractivity contribution in [2.24, 2.45) is 0 Å². The molecule has 0 saturated carbocycles. The number of benzene rings is 1. The Hall–Kier alpha value is -1.61. The molecule has 2 aromatic rings. The number of thioether (sulfide) groups is 1. The van der Waals surface area contributed by atoms with E-state index in [0.717, 1.165) is 22.6 Å². The van der Waals surface area contributed by atoms with E-state index >= 15 is 0 Å². The molecule has 1 aromatic carbocycles. The molecule has 0 amide bonds. The normalized spacial score (nSPS) is 10.3. The molecule has 1 heterocycles. The molecule has 0 N–H and O–H groups in total. The number of rotatable bonds is 5. The van der Waals surface area contributed by atoms with Crippen LogP contribution in [0.4, 0.5) is 0 Å². The standard InChI is InChI=1S/C15H15NOS/c1-12(17)14-3-2-4-15(11-14)18-10-7-13-5-8-16-9-6-13/h2-6,8-9,11H,7,10H2,1H3. The smallest absolute Gasteiger partial charge is 0.159 e. The molecule has 0 bridgehead atoms. The van der Waals surface area contributed by atoms with Crippen molar-refractivity contribution in [3.05, 3.63) is 59.9 Å². The lowest BCUT2D eigenvalue weighted by Gasteiger charge is -2.03. The van der Waals surface area contributed by atoms with Gasteiger partial charge in [-0.15, -0.1) is 11.8 Å². The van der Waals surface area contributed by atoms with Crippen LogP contribution < -0.4 is 0 Å². The zero-order chi connectivity index (χ0) is 12.8. The summed E-state index contributed by atoms with van der Waals surface area (Å²) >= 11 is 1.77. The van der Waals surface area contributed by atoms with Gasteiger partial charge < -0.3 is 0 Å². The van der Waals surface area contributed by atoms with E-state index in [-0.39, 0.29) is 5.78 Å². The van der Waals surface area contributed by atoms with Gasteiger partial charge in [-0.1, -0.05) is 12.1 Å². The van der Waals surface area contributed by atoms with E-state index in [1.54, 1.807) is 18.7 Å². The van der Waals surface area contributed by atoms with Crippen LogP contribution in [0.1, 0.15) is 22.8 Å². The molecular weight excluding hydrogens is 242 g/mol. The molecule has 3 heteroatoms. The fraction of sp³-hybridized carbons (Fsp3) is 0.200. The highest BCUT2D eigenvalue weighted by atomic mass is 32.2. The van der Waals surface area contributed by atoms with Crippen LogP contribution >= 0.6 is 11.8 Å². The average molecular weight is 257 g/mol. The first-order chi connectivity index (χ1) is 8.75. The van der Waals surface area contributed by atoms with Crippen LogP contribution in [0.5, 0.6) is 0 Å². The van der Waals surface area contributed by atoms with Crippen LogP contribution in [-0.2, 0) is 6.42 Å². The summed E-state index contributed by atoms with van der Waals surface area (Å²) in [7, 11) is 0. The van der Waals surface area contributed by atoms with Crippen molar-refractivity contribution >= 4 is 17.5 Å².